The Morgan fingerprint density at radius 3 is 2.43 bits per heavy atom. The van der Waals surface area contributed by atoms with Crippen LogP contribution in [-0.2, 0) is 4.79 Å². The van der Waals surface area contributed by atoms with Crippen molar-refractivity contribution >= 4 is 5.97 Å². The summed E-state index contributed by atoms with van der Waals surface area (Å²) >= 11 is 0. The molecule has 0 fully saturated rings. The Morgan fingerprint density at radius 2 is 1.93 bits per heavy atom. The molecule has 0 aliphatic heterocycles. The van der Waals surface area contributed by atoms with Crippen molar-refractivity contribution in [2.24, 2.45) is 5.41 Å². The van der Waals surface area contributed by atoms with Gasteiger partial charge in [-0.2, -0.15) is 0 Å². The van der Waals surface area contributed by atoms with E-state index < -0.39 is 5.97 Å². The lowest BCUT2D eigenvalue weighted by atomic mass is 9.84. The third kappa shape index (κ3) is 8.05. The summed E-state index contributed by atoms with van der Waals surface area (Å²) in [5.41, 5.74) is 0.138. The maximum atomic E-state index is 10.4. The fraction of sp³-hybridized carbons (Fsp3) is 0.909. The van der Waals surface area contributed by atoms with E-state index in [2.05, 4.69) is 26.1 Å². The molecule has 0 aromatic carbocycles. The van der Waals surface area contributed by atoms with E-state index in [1.807, 2.05) is 0 Å². The molecule has 0 bridgehead atoms. The summed E-state index contributed by atoms with van der Waals surface area (Å²) in [7, 11) is 0. The first kappa shape index (κ1) is 13.4. The number of carbonyl (C=O) groups is 1. The van der Waals surface area contributed by atoms with Crippen LogP contribution in [0, 0.1) is 5.41 Å². The van der Waals surface area contributed by atoms with Crippen LogP contribution in [0.25, 0.3) is 0 Å². The summed E-state index contributed by atoms with van der Waals surface area (Å²) in [5, 5.41) is 11.9. The molecule has 0 aromatic heterocycles. The fourth-order valence-corrected chi connectivity index (χ4v) is 1.30. The van der Waals surface area contributed by atoms with Crippen LogP contribution in [0.1, 0.15) is 46.5 Å². The van der Waals surface area contributed by atoms with Crippen LogP contribution in [-0.4, -0.2) is 24.2 Å². The summed E-state index contributed by atoms with van der Waals surface area (Å²) in [6, 6.07) is 0. The van der Waals surface area contributed by atoms with Crippen molar-refractivity contribution < 1.29 is 9.90 Å². The summed E-state index contributed by atoms with van der Waals surface area (Å²) in [4.78, 5) is 10.4. The van der Waals surface area contributed by atoms with Gasteiger partial charge in [-0.3, -0.25) is 4.79 Å². The molecule has 0 saturated carbocycles. The van der Waals surface area contributed by atoms with Gasteiger partial charge < -0.3 is 10.4 Å². The number of rotatable bonds is 8. The second kappa shape index (κ2) is 6.82. The highest BCUT2D eigenvalue weighted by molar-refractivity contribution is 5.66. The predicted octanol–water partition coefficient (Wildman–Crippen LogP) is 2.27. The van der Waals surface area contributed by atoms with Crippen LogP contribution < -0.4 is 5.32 Å². The Labute approximate surface area is 86.9 Å². The number of nitrogens with one attached hydrogen (secondary N) is 1. The summed E-state index contributed by atoms with van der Waals surface area (Å²) < 4.78 is 0. The molecule has 0 heterocycles. The first-order valence-corrected chi connectivity index (χ1v) is 5.40. The minimum absolute atomic E-state index is 0.138. The van der Waals surface area contributed by atoms with Crippen molar-refractivity contribution in [1.29, 1.82) is 0 Å². The lowest BCUT2D eigenvalue weighted by Crippen LogP contribution is -2.23. The monoisotopic (exact) mass is 201 g/mol. The van der Waals surface area contributed by atoms with E-state index in [9.17, 15) is 4.79 Å². The first-order valence-electron chi connectivity index (χ1n) is 5.40. The van der Waals surface area contributed by atoms with E-state index in [1.54, 1.807) is 0 Å². The van der Waals surface area contributed by atoms with Gasteiger partial charge in [0.25, 0.3) is 0 Å². The van der Waals surface area contributed by atoms with Crippen molar-refractivity contribution in [1.82, 2.24) is 5.32 Å². The van der Waals surface area contributed by atoms with Gasteiger partial charge in [0.15, 0.2) is 0 Å². The van der Waals surface area contributed by atoms with Gasteiger partial charge in [0.05, 0.1) is 0 Å². The molecule has 84 valence electrons. The molecule has 0 aliphatic carbocycles. The standard InChI is InChI=1S/C11H23NO2/c1-4-8-12-9-7-11(2,3)6-5-10(13)14/h12H,4-9H2,1-3H3,(H,13,14). The number of carboxylic acids is 1. The highest BCUT2D eigenvalue weighted by Crippen LogP contribution is 2.25. The average molecular weight is 201 g/mol. The molecular formula is C11H23NO2. The summed E-state index contributed by atoms with van der Waals surface area (Å²) in [6.45, 7) is 8.44. The van der Waals surface area contributed by atoms with E-state index in [0.717, 1.165) is 32.4 Å². The van der Waals surface area contributed by atoms with E-state index in [1.165, 1.54) is 0 Å². The third-order valence-corrected chi connectivity index (χ3v) is 2.42. The molecule has 0 spiro atoms. The molecule has 0 aliphatic rings. The Bertz CT molecular complexity index is 167. The average Bonchev–Trinajstić information content (AvgIpc) is 2.10. The quantitative estimate of drug-likeness (QED) is 0.592. The van der Waals surface area contributed by atoms with Gasteiger partial charge in [0.2, 0.25) is 0 Å². The van der Waals surface area contributed by atoms with E-state index in [-0.39, 0.29) is 11.8 Å². The van der Waals surface area contributed by atoms with E-state index in [0.29, 0.717) is 0 Å². The van der Waals surface area contributed by atoms with Crippen molar-refractivity contribution in [3.8, 4) is 0 Å². The zero-order chi connectivity index (χ0) is 11.0. The van der Waals surface area contributed by atoms with Gasteiger partial charge in [-0.15, -0.1) is 0 Å². The second-order valence-electron chi connectivity index (χ2n) is 4.56. The SMILES string of the molecule is CCCNCCC(C)(C)CCC(=O)O. The minimum Gasteiger partial charge on any atom is -0.481 e. The Kier molecular flexibility index (Phi) is 6.54. The first-order chi connectivity index (χ1) is 6.48. The van der Waals surface area contributed by atoms with Gasteiger partial charge in [0, 0.05) is 6.42 Å². The number of carboxylic acid groups (broad SMARTS) is 1. The predicted molar refractivity (Wildman–Crippen MR) is 58.4 cm³/mol. The van der Waals surface area contributed by atoms with E-state index in [4.69, 9.17) is 5.11 Å². The highest BCUT2D eigenvalue weighted by Gasteiger charge is 2.18. The molecule has 3 heteroatoms. The topological polar surface area (TPSA) is 49.3 Å². The molecule has 2 N–H and O–H groups in total. The zero-order valence-corrected chi connectivity index (χ0v) is 9.60. The van der Waals surface area contributed by atoms with Crippen molar-refractivity contribution in [3.63, 3.8) is 0 Å². The fourth-order valence-electron chi connectivity index (χ4n) is 1.30. The van der Waals surface area contributed by atoms with Crippen LogP contribution >= 0.6 is 0 Å². The van der Waals surface area contributed by atoms with Gasteiger partial charge in [-0.25, -0.2) is 0 Å². The number of hydrogen-bond acceptors (Lipinski definition) is 2. The Balaban J connectivity index is 3.55. The van der Waals surface area contributed by atoms with Crippen molar-refractivity contribution in [2.45, 2.75) is 46.5 Å². The van der Waals surface area contributed by atoms with Gasteiger partial charge >= 0.3 is 5.97 Å². The zero-order valence-electron chi connectivity index (χ0n) is 9.60. The Morgan fingerprint density at radius 1 is 1.29 bits per heavy atom. The van der Waals surface area contributed by atoms with Crippen LogP contribution in [0.2, 0.25) is 0 Å². The lowest BCUT2D eigenvalue weighted by Gasteiger charge is -2.23. The minimum atomic E-state index is -0.695. The molecule has 0 aromatic rings. The van der Waals surface area contributed by atoms with Gasteiger partial charge in [-0.05, 0) is 37.8 Å². The van der Waals surface area contributed by atoms with Gasteiger partial charge in [-0.1, -0.05) is 20.8 Å². The maximum absolute atomic E-state index is 10.4. The number of aliphatic carboxylic acids is 1. The maximum Gasteiger partial charge on any atom is 0.303 e. The largest absolute Gasteiger partial charge is 0.481 e. The molecular weight excluding hydrogens is 178 g/mol. The normalized spacial score (nSPS) is 11.6. The second-order valence-corrected chi connectivity index (χ2v) is 4.56. The summed E-state index contributed by atoms with van der Waals surface area (Å²) in [6.07, 6.45) is 3.23. The van der Waals surface area contributed by atoms with E-state index >= 15 is 0 Å². The Hall–Kier alpha value is -0.570. The van der Waals surface area contributed by atoms with Crippen LogP contribution in [0.5, 0.6) is 0 Å². The lowest BCUT2D eigenvalue weighted by molar-refractivity contribution is -0.137. The molecule has 0 unspecified atom stereocenters. The summed E-state index contributed by atoms with van der Waals surface area (Å²) in [5.74, 6) is -0.695. The molecule has 3 nitrogen and oxygen atoms in total. The third-order valence-electron chi connectivity index (χ3n) is 2.42. The van der Waals surface area contributed by atoms with Crippen LogP contribution in [0.4, 0.5) is 0 Å². The number of hydrogen-bond donors (Lipinski definition) is 2. The smallest absolute Gasteiger partial charge is 0.303 e. The van der Waals surface area contributed by atoms with Crippen molar-refractivity contribution in [3.05, 3.63) is 0 Å². The molecule has 0 atom stereocenters. The van der Waals surface area contributed by atoms with Crippen LogP contribution in [0.3, 0.4) is 0 Å². The molecule has 0 radical (unpaired) electrons. The van der Waals surface area contributed by atoms with Gasteiger partial charge in [0.1, 0.15) is 0 Å². The molecule has 0 amide bonds. The molecule has 14 heavy (non-hydrogen) atoms. The molecule has 0 saturated heterocycles. The van der Waals surface area contributed by atoms with Crippen LogP contribution in [0.15, 0.2) is 0 Å². The highest BCUT2D eigenvalue weighted by atomic mass is 16.4. The molecule has 0 rings (SSSR count). The van der Waals surface area contributed by atoms with Crippen molar-refractivity contribution in [2.75, 3.05) is 13.1 Å².